The third-order valence-electron chi connectivity index (χ3n) is 3.67. The lowest BCUT2D eigenvalue weighted by atomic mass is 9.99. The fourth-order valence-corrected chi connectivity index (χ4v) is 2.61. The van der Waals surface area contributed by atoms with Gasteiger partial charge in [-0.25, -0.2) is 0 Å². The van der Waals surface area contributed by atoms with E-state index in [9.17, 15) is 4.39 Å². The number of halogens is 1. The third kappa shape index (κ3) is 2.79. The van der Waals surface area contributed by atoms with Crippen LogP contribution in [0.4, 0.5) is 4.39 Å². The molecule has 0 heterocycles. The van der Waals surface area contributed by atoms with Crippen LogP contribution in [0.3, 0.4) is 0 Å². The summed E-state index contributed by atoms with van der Waals surface area (Å²) >= 11 is 0. The van der Waals surface area contributed by atoms with E-state index in [4.69, 9.17) is 0 Å². The van der Waals surface area contributed by atoms with Crippen LogP contribution >= 0.6 is 0 Å². The van der Waals surface area contributed by atoms with Crippen LogP contribution in [-0.4, -0.2) is 13.4 Å². The lowest BCUT2D eigenvalue weighted by molar-refractivity contribution is 0.472. The maximum Gasteiger partial charge on any atom is 0.0897 e. The molecule has 0 fully saturated rings. The Labute approximate surface area is 119 Å². The highest BCUT2D eigenvalue weighted by Crippen LogP contribution is 2.15. The number of hydrogen-bond acceptors (Lipinski definition) is 1. The zero-order chi connectivity index (χ0) is 14.5. The number of allylic oxidation sites excluding steroid dienone is 2. The molecule has 0 aliphatic heterocycles. The second-order valence-electron chi connectivity index (χ2n) is 5.04. The number of aliphatic imine (C=N–C) groups is 1. The van der Waals surface area contributed by atoms with Gasteiger partial charge in [0.1, 0.15) is 0 Å². The van der Waals surface area contributed by atoms with E-state index in [0.717, 1.165) is 29.2 Å². The summed E-state index contributed by atoms with van der Waals surface area (Å²) in [6.07, 6.45) is 6.37. The first-order chi connectivity index (χ1) is 9.69. The average molecular weight is 269 g/mol. The van der Waals surface area contributed by atoms with Gasteiger partial charge in [0.15, 0.2) is 0 Å². The highest BCUT2D eigenvalue weighted by atomic mass is 19.1. The standard InChI is InChI=1S/C18H20FN/c1-13-7-4-11-17(14(2)20-3)18-15(9-6-12-19)8-5-10-16(13)18/h4-5,8,10-11H,2-3,6-7,9,12H2,1H3. The van der Waals surface area contributed by atoms with E-state index in [0.29, 0.717) is 12.1 Å². The topological polar surface area (TPSA) is 12.4 Å². The Balaban J connectivity index is 2.83. The van der Waals surface area contributed by atoms with Crippen molar-refractivity contribution in [2.75, 3.05) is 6.67 Å². The zero-order valence-electron chi connectivity index (χ0n) is 12.0. The van der Waals surface area contributed by atoms with Gasteiger partial charge < -0.3 is 0 Å². The number of fused-ring (bicyclic) bond motifs is 1. The van der Waals surface area contributed by atoms with Crippen molar-refractivity contribution in [2.24, 2.45) is 4.99 Å². The van der Waals surface area contributed by atoms with Gasteiger partial charge in [-0.15, -0.1) is 0 Å². The van der Waals surface area contributed by atoms with E-state index in [1.807, 2.05) is 6.07 Å². The molecule has 0 radical (unpaired) electrons. The molecule has 0 amide bonds. The summed E-state index contributed by atoms with van der Waals surface area (Å²) in [6, 6.07) is 6.23. The maximum absolute atomic E-state index is 12.5. The molecule has 20 heavy (non-hydrogen) atoms. The molecule has 0 bridgehead atoms. The summed E-state index contributed by atoms with van der Waals surface area (Å²) in [5.41, 5.74) is 4.14. The molecule has 1 aromatic rings. The van der Waals surface area contributed by atoms with Crippen LogP contribution in [0.25, 0.3) is 11.1 Å². The van der Waals surface area contributed by atoms with Gasteiger partial charge in [-0.1, -0.05) is 42.5 Å². The largest absolute Gasteiger partial charge is 0.265 e. The van der Waals surface area contributed by atoms with Crippen molar-refractivity contribution in [2.45, 2.75) is 26.2 Å². The minimum atomic E-state index is -0.293. The van der Waals surface area contributed by atoms with Gasteiger partial charge in [-0.2, -0.15) is 0 Å². The lowest BCUT2D eigenvalue weighted by Gasteiger charge is -2.08. The van der Waals surface area contributed by atoms with Crippen molar-refractivity contribution in [3.05, 3.63) is 58.6 Å². The van der Waals surface area contributed by atoms with Gasteiger partial charge in [0.05, 0.1) is 12.4 Å². The lowest BCUT2D eigenvalue weighted by Crippen LogP contribution is -2.32. The van der Waals surface area contributed by atoms with Crippen LogP contribution in [0, 0.1) is 0 Å². The average Bonchev–Trinajstić information content (AvgIpc) is 2.64. The van der Waals surface area contributed by atoms with Gasteiger partial charge in [0, 0.05) is 5.57 Å². The van der Waals surface area contributed by atoms with E-state index >= 15 is 0 Å². The van der Waals surface area contributed by atoms with Crippen LogP contribution < -0.4 is 10.4 Å². The molecule has 1 aromatic carbocycles. The summed E-state index contributed by atoms with van der Waals surface area (Å²) < 4.78 is 12.5. The fraction of sp³-hybridized carbons (Fsp3) is 0.278. The first kappa shape index (κ1) is 14.4. The summed E-state index contributed by atoms with van der Waals surface area (Å²) in [7, 11) is 0. The minimum absolute atomic E-state index is 0.293. The molecule has 0 unspecified atom stereocenters. The Kier molecular flexibility index (Phi) is 4.67. The monoisotopic (exact) mass is 269 g/mol. The Hall–Kier alpha value is -1.96. The highest BCUT2D eigenvalue weighted by molar-refractivity contribution is 5.75. The normalized spacial score (nSPS) is 13.9. The third-order valence-corrected chi connectivity index (χ3v) is 3.67. The van der Waals surface area contributed by atoms with E-state index < -0.39 is 0 Å². The van der Waals surface area contributed by atoms with E-state index in [2.05, 4.69) is 49.5 Å². The fourth-order valence-electron chi connectivity index (χ4n) is 2.61. The number of hydrogen-bond donors (Lipinski definition) is 0. The van der Waals surface area contributed by atoms with E-state index in [-0.39, 0.29) is 6.67 Å². The van der Waals surface area contributed by atoms with Gasteiger partial charge in [0.25, 0.3) is 0 Å². The van der Waals surface area contributed by atoms with E-state index in [1.54, 1.807) is 0 Å². The summed E-state index contributed by atoms with van der Waals surface area (Å²) in [6.45, 7) is 9.40. The Morgan fingerprint density at radius 1 is 1.40 bits per heavy atom. The van der Waals surface area contributed by atoms with Gasteiger partial charge in [-0.3, -0.25) is 9.38 Å². The molecular weight excluding hydrogens is 249 g/mol. The molecule has 0 saturated carbocycles. The Morgan fingerprint density at radius 3 is 2.90 bits per heavy atom. The van der Waals surface area contributed by atoms with Gasteiger partial charge in [-0.05, 0) is 48.9 Å². The molecular formula is C18H20FN. The molecule has 0 aromatic heterocycles. The van der Waals surface area contributed by atoms with Crippen LogP contribution in [0.1, 0.15) is 25.3 Å². The number of benzene rings is 1. The quantitative estimate of drug-likeness (QED) is 0.728. The number of aryl methyl sites for hydroxylation is 1. The van der Waals surface area contributed by atoms with Crippen molar-refractivity contribution >= 4 is 17.9 Å². The SMILES string of the molecule is C=NC(=C)C1=c2c(CCCF)cccc2=C(C)CC=C1. The smallest absolute Gasteiger partial charge is 0.0897 e. The van der Waals surface area contributed by atoms with Crippen LogP contribution in [0.2, 0.25) is 0 Å². The molecule has 1 nitrogen and oxygen atoms in total. The predicted octanol–water partition coefficient (Wildman–Crippen LogP) is 3.08. The number of alkyl halides is 1. The van der Waals surface area contributed by atoms with Crippen molar-refractivity contribution in [3.63, 3.8) is 0 Å². The molecule has 0 N–H and O–H groups in total. The Morgan fingerprint density at radius 2 is 2.20 bits per heavy atom. The van der Waals surface area contributed by atoms with Crippen molar-refractivity contribution in [1.29, 1.82) is 0 Å². The molecule has 104 valence electrons. The number of nitrogens with zero attached hydrogens (tertiary/aromatic N) is 1. The molecule has 2 heteroatoms. The molecule has 2 rings (SSSR count). The maximum atomic E-state index is 12.5. The first-order valence-corrected chi connectivity index (χ1v) is 6.89. The molecule has 0 spiro atoms. The summed E-state index contributed by atoms with van der Waals surface area (Å²) in [4.78, 5) is 3.98. The number of rotatable bonds is 5. The zero-order valence-corrected chi connectivity index (χ0v) is 12.0. The second kappa shape index (κ2) is 6.47. The van der Waals surface area contributed by atoms with E-state index in [1.165, 1.54) is 10.8 Å². The summed E-state index contributed by atoms with van der Waals surface area (Å²) in [5.74, 6) is 0. The predicted molar refractivity (Wildman–Crippen MR) is 84.9 cm³/mol. The summed E-state index contributed by atoms with van der Waals surface area (Å²) in [5, 5.41) is 2.36. The van der Waals surface area contributed by atoms with Crippen LogP contribution in [-0.2, 0) is 6.42 Å². The molecule has 0 atom stereocenters. The van der Waals surface area contributed by atoms with Crippen molar-refractivity contribution in [3.8, 4) is 0 Å². The van der Waals surface area contributed by atoms with Gasteiger partial charge >= 0.3 is 0 Å². The van der Waals surface area contributed by atoms with Crippen LogP contribution in [0.5, 0.6) is 0 Å². The van der Waals surface area contributed by atoms with Crippen LogP contribution in [0.15, 0.2) is 47.6 Å². The molecule has 1 aliphatic rings. The van der Waals surface area contributed by atoms with Gasteiger partial charge in [0.2, 0.25) is 0 Å². The Bertz CT molecular complexity index is 680. The highest BCUT2D eigenvalue weighted by Gasteiger charge is 2.08. The molecule has 0 saturated heterocycles. The van der Waals surface area contributed by atoms with Crippen molar-refractivity contribution < 1.29 is 4.39 Å². The second-order valence-corrected chi connectivity index (χ2v) is 5.04. The first-order valence-electron chi connectivity index (χ1n) is 6.89. The van der Waals surface area contributed by atoms with Crippen molar-refractivity contribution in [1.82, 2.24) is 0 Å². The minimum Gasteiger partial charge on any atom is -0.265 e. The molecule has 1 aliphatic carbocycles.